The Balaban J connectivity index is 2.19. The van der Waals surface area contributed by atoms with Crippen LogP contribution in [0.1, 0.15) is 5.56 Å². The quantitative estimate of drug-likeness (QED) is 0.707. The maximum atomic E-state index is 13.4. The third-order valence-corrected chi connectivity index (χ3v) is 3.25. The van der Waals surface area contributed by atoms with Gasteiger partial charge in [-0.15, -0.1) is 0 Å². The van der Waals surface area contributed by atoms with Gasteiger partial charge in [-0.3, -0.25) is 0 Å². The van der Waals surface area contributed by atoms with Crippen LogP contribution < -0.4 is 0 Å². The van der Waals surface area contributed by atoms with Gasteiger partial charge in [-0.25, -0.2) is 9.37 Å². The summed E-state index contributed by atoms with van der Waals surface area (Å²) in [7, 11) is 0. The van der Waals surface area contributed by atoms with Crippen LogP contribution >= 0.6 is 15.9 Å². The largest absolute Gasteiger partial charge is 0.338 e. The molecule has 18 heavy (non-hydrogen) atoms. The van der Waals surface area contributed by atoms with Gasteiger partial charge >= 0.3 is 0 Å². The molecule has 0 saturated carbocycles. The maximum absolute atomic E-state index is 13.4. The number of hydrogen-bond acceptors (Lipinski definition) is 1. The number of nitrogens with zero attached hydrogens (tertiary/aromatic N) is 1. The predicted molar refractivity (Wildman–Crippen MR) is 73.9 cm³/mol. The number of fused-ring (bicyclic) bond motifs is 1. The molecule has 0 spiro atoms. The Hall–Kier alpha value is -1.68. The molecule has 0 bridgehead atoms. The summed E-state index contributed by atoms with van der Waals surface area (Å²) >= 11 is 3.41. The summed E-state index contributed by atoms with van der Waals surface area (Å²) in [5, 5.41) is 0. The number of imidazole rings is 1. The van der Waals surface area contributed by atoms with Crippen molar-refractivity contribution in [3.63, 3.8) is 0 Å². The molecule has 1 heterocycles. The molecular formula is C14H10BrFN2. The first-order valence-corrected chi connectivity index (χ1v) is 6.34. The van der Waals surface area contributed by atoms with Crippen molar-refractivity contribution in [1.29, 1.82) is 0 Å². The first-order valence-electron chi connectivity index (χ1n) is 5.55. The van der Waals surface area contributed by atoms with Crippen molar-refractivity contribution in [3.05, 3.63) is 52.3 Å². The van der Waals surface area contributed by atoms with Gasteiger partial charge in [0.1, 0.15) is 11.6 Å². The molecule has 0 aliphatic heterocycles. The molecule has 90 valence electrons. The van der Waals surface area contributed by atoms with Gasteiger partial charge in [0.15, 0.2) is 0 Å². The van der Waals surface area contributed by atoms with Crippen molar-refractivity contribution >= 4 is 27.0 Å². The molecule has 0 unspecified atom stereocenters. The van der Waals surface area contributed by atoms with E-state index in [1.54, 1.807) is 0 Å². The maximum Gasteiger partial charge on any atom is 0.138 e. The van der Waals surface area contributed by atoms with E-state index in [0.717, 1.165) is 26.6 Å². The molecule has 1 N–H and O–H groups in total. The lowest BCUT2D eigenvalue weighted by atomic mass is 10.1. The third kappa shape index (κ3) is 2.04. The van der Waals surface area contributed by atoms with Crippen molar-refractivity contribution in [2.45, 2.75) is 6.92 Å². The van der Waals surface area contributed by atoms with Crippen LogP contribution in [0.2, 0.25) is 0 Å². The number of nitrogens with one attached hydrogen (secondary N) is 1. The second kappa shape index (κ2) is 4.21. The minimum Gasteiger partial charge on any atom is -0.338 e. The summed E-state index contributed by atoms with van der Waals surface area (Å²) in [6.07, 6.45) is 0. The van der Waals surface area contributed by atoms with E-state index in [2.05, 4.69) is 25.9 Å². The van der Waals surface area contributed by atoms with Crippen LogP contribution in [-0.2, 0) is 0 Å². The molecule has 0 fully saturated rings. The van der Waals surface area contributed by atoms with E-state index in [-0.39, 0.29) is 5.82 Å². The fourth-order valence-electron chi connectivity index (χ4n) is 1.99. The smallest absolute Gasteiger partial charge is 0.138 e. The van der Waals surface area contributed by atoms with Crippen molar-refractivity contribution in [2.75, 3.05) is 0 Å². The Bertz CT molecular complexity index is 713. The number of aromatic nitrogens is 2. The standard InChI is InChI=1S/C14H10BrFN2/c1-8-4-9(6-11(16)5-8)14-17-12-3-2-10(15)7-13(12)18-14/h2-7H,1H3,(H,17,18). The van der Waals surface area contributed by atoms with Gasteiger partial charge in [-0.1, -0.05) is 15.9 Å². The lowest BCUT2D eigenvalue weighted by Gasteiger charge is -1.99. The van der Waals surface area contributed by atoms with Gasteiger partial charge in [0.05, 0.1) is 11.0 Å². The van der Waals surface area contributed by atoms with Crippen molar-refractivity contribution in [3.8, 4) is 11.4 Å². The number of benzene rings is 2. The number of aryl methyl sites for hydroxylation is 1. The van der Waals surface area contributed by atoms with Gasteiger partial charge < -0.3 is 4.98 Å². The molecule has 0 amide bonds. The molecule has 0 aliphatic rings. The van der Waals surface area contributed by atoms with E-state index in [1.807, 2.05) is 31.2 Å². The Kier molecular flexibility index (Phi) is 2.67. The van der Waals surface area contributed by atoms with Crippen LogP contribution in [0.25, 0.3) is 22.4 Å². The molecular weight excluding hydrogens is 295 g/mol. The summed E-state index contributed by atoms with van der Waals surface area (Å²) < 4.78 is 14.4. The van der Waals surface area contributed by atoms with Gasteiger partial charge in [0, 0.05) is 10.0 Å². The van der Waals surface area contributed by atoms with Crippen molar-refractivity contribution in [1.82, 2.24) is 9.97 Å². The van der Waals surface area contributed by atoms with Gasteiger partial charge in [-0.05, 0) is 48.9 Å². The van der Waals surface area contributed by atoms with E-state index in [4.69, 9.17) is 0 Å². The minimum absolute atomic E-state index is 0.244. The van der Waals surface area contributed by atoms with Gasteiger partial charge in [-0.2, -0.15) is 0 Å². The SMILES string of the molecule is Cc1cc(F)cc(-c2nc3ccc(Br)cc3[nH]2)c1. The second-order valence-corrected chi connectivity index (χ2v) is 5.18. The van der Waals surface area contributed by atoms with Crippen molar-refractivity contribution in [2.24, 2.45) is 0 Å². The molecule has 0 saturated heterocycles. The molecule has 0 atom stereocenters. The van der Waals surface area contributed by atoms with Crippen LogP contribution in [0.4, 0.5) is 4.39 Å². The Morgan fingerprint density at radius 1 is 1.17 bits per heavy atom. The fourth-order valence-corrected chi connectivity index (χ4v) is 2.35. The molecule has 0 aliphatic carbocycles. The normalized spacial score (nSPS) is 11.1. The van der Waals surface area contributed by atoms with Crippen LogP contribution in [0.5, 0.6) is 0 Å². The van der Waals surface area contributed by atoms with Gasteiger partial charge in [0.2, 0.25) is 0 Å². The summed E-state index contributed by atoms with van der Waals surface area (Å²) in [6, 6.07) is 10.7. The highest BCUT2D eigenvalue weighted by atomic mass is 79.9. The summed E-state index contributed by atoms with van der Waals surface area (Å²) in [5.74, 6) is 0.442. The molecule has 0 radical (unpaired) electrons. The molecule has 3 aromatic rings. The zero-order chi connectivity index (χ0) is 12.7. The van der Waals surface area contributed by atoms with Crippen LogP contribution in [-0.4, -0.2) is 9.97 Å². The molecule has 2 nitrogen and oxygen atoms in total. The molecule has 2 aromatic carbocycles. The Morgan fingerprint density at radius 3 is 2.78 bits per heavy atom. The van der Waals surface area contributed by atoms with Crippen LogP contribution in [0, 0.1) is 12.7 Å². The Labute approximate surface area is 112 Å². The molecule has 1 aromatic heterocycles. The first kappa shape index (κ1) is 11.4. The minimum atomic E-state index is -0.244. The monoisotopic (exact) mass is 304 g/mol. The number of aromatic amines is 1. The van der Waals surface area contributed by atoms with Crippen LogP contribution in [0.15, 0.2) is 40.9 Å². The number of H-pyrrole nitrogens is 1. The molecule has 3 rings (SSSR count). The summed E-state index contributed by atoms with van der Waals surface area (Å²) in [6.45, 7) is 1.87. The highest BCUT2D eigenvalue weighted by Crippen LogP contribution is 2.24. The van der Waals surface area contributed by atoms with Crippen molar-refractivity contribution < 1.29 is 4.39 Å². The third-order valence-electron chi connectivity index (χ3n) is 2.76. The van der Waals surface area contributed by atoms with Crippen LogP contribution in [0.3, 0.4) is 0 Å². The average Bonchev–Trinajstić information content (AvgIpc) is 2.70. The van der Waals surface area contributed by atoms with Gasteiger partial charge in [0.25, 0.3) is 0 Å². The fraction of sp³-hybridized carbons (Fsp3) is 0.0714. The highest BCUT2D eigenvalue weighted by molar-refractivity contribution is 9.10. The number of halogens is 2. The first-order chi connectivity index (χ1) is 8.61. The summed E-state index contributed by atoms with van der Waals surface area (Å²) in [5.41, 5.74) is 3.45. The predicted octanol–water partition coefficient (Wildman–Crippen LogP) is 4.44. The molecule has 4 heteroatoms. The summed E-state index contributed by atoms with van der Waals surface area (Å²) in [4.78, 5) is 7.66. The van der Waals surface area contributed by atoms with E-state index < -0.39 is 0 Å². The second-order valence-electron chi connectivity index (χ2n) is 4.26. The zero-order valence-corrected chi connectivity index (χ0v) is 11.3. The number of hydrogen-bond donors (Lipinski definition) is 1. The van der Waals surface area contributed by atoms with E-state index in [1.165, 1.54) is 12.1 Å². The average molecular weight is 305 g/mol. The lowest BCUT2D eigenvalue weighted by molar-refractivity contribution is 0.627. The van der Waals surface area contributed by atoms with E-state index in [9.17, 15) is 4.39 Å². The Morgan fingerprint density at radius 2 is 2.00 bits per heavy atom. The number of rotatable bonds is 1. The highest BCUT2D eigenvalue weighted by Gasteiger charge is 2.07. The topological polar surface area (TPSA) is 28.7 Å². The lowest BCUT2D eigenvalue weighted by Crippen LogP contribution is -1.84. The van der Waals surface area contributed by atoms with E-state index >= 15 is 0 Å². The van der Waals surface area contributed by atoms with E-state index in [0.29, 0.717) is 5.82 Å². The zero-order valence-electron chi connectivity index (χ0n) is 9.67.